The highest BCUT2D eigenvalue weighted by Gasteiger charge is 2.38. The van der Waals surface area contributed by atoms with Crippen molar-refractivity contribution in [1.82, 2.24) is 4.90 Å². The molecule has 17 heavy (non-hydrogen) atoms. The minimum atomic E-state index is -0.737. The van der Waals surface area contributed by atoms with E-state index in [0.29, 0.717) is 13.2 Å². The van der Waals surface area contributed by atoms with Gasteiger partial charge < -0.3 is 10.0 Å². The van der Waals surface area contributed by atoms with Crippen molar-refractivity contribution in [3.05, 3.63) is 12.4 Å². The number of amides is 1. The number of hydrogen-bond acceptors (Lipinski definition) is 2. The molecule has 1 unspecified atom stereocenters. The molecule has 4 nitrogen and oxygen atoms in total. The van der Waals surface area contributed by atoms with Gasteiger partial charge in [0.05, 0.1) is 12.7 Å². The lowest BCUT2D eigenvalue weighted by Crippen LogP contribution is -2.49. The second-order valence-corrected chi connectivity index (χ2v) is 5.00. The van der Waals surface area contributed by atoms with E-state index >= 15 is 0 Å². The monoisotopic (exact) mass is 241 g/mol. The fourth-order valence-corrected chi connectivity index (χ4v) is 2.27. The molecule has 98 valence electrons. The van der Waals surface area contributed by atoms with Crippen LogP contribution in [-0.2, 0) is 0 Å². The van der Waals surface area contributed by atoms with Crippen LogP contribution in [0.4, 0.5) is 4.79 Å². The molecule has 0 saturated carbocycles. The van der Waals surface area contributed by atoms with E-state index in [0.717, 1.165) is 12.8 Å². The second-order valence-electron chi connectivity index (χ2n) is 5.00. The minimum absolute atomic E-state index is 0.0737. The van der Waals surface area contributed by atoms with Crippen molar-refractivity contribution in [3.63, 3.8) is 0 Å². The highest BCUT2D eigenvalue weighted by Crippen LogP contribution is 2.19. The van der Waals surface area contributed by atoms with Gasteiger partial charge in [0, 0.05) is 7.05 Å². The van der Waals surface area contributed by atoms with E-state index in [2.05, 4.69) is 6.92 Å². The van der Waals surface area contributed by atoms with Crippen LogP contribution in [0.1, 0.15) is 45.4 Å². The Morgan fingerprint density at radius 1 is 1.29 bits per heavy atom. The van der Waals surface area contributed by atoms with Gasteiger partial charge in [-0.15, -0.1) is 0 Å². The predicted molar refractivity (Wildman–Crippen MR) is 68.3 cm³/mol. The van der Waals surface area contributed by atoms with Crippen molar-refractivity contribution >= 4 is 6.09 Å². The van der Waals surface area contributed by atoms with Crippen LogP contribution in [0.5, 0.6) is 0 Å². The van der Waals surface area contributed by atoms with Crippen LogP contribution in [0, 0.1) is 0 Å². The summed E-state index contributed by atoms with van der Waals surface area (Å²) in [5.41, 5.74) is 0. The van der Waals surface area contributed by atoms with E-state index in [1.165, 1.54) is 25.7 Å². The van der Waals surface area contributed by atoms with Gasteiger partial charge in [-0.1, -0.05) is 32.6 Å². The molecule has 1 aliphatic rings. The number of quaternary nitrogens is 1. The molecule has 0 aromatic heterocycles. The Hall–Kier alpha value is -1.03. The summed E-state index contributed by atoms with van der Waals surface area (Å²) in [7, 11) is 1.92. The predicted octanol–water partition coefficient (Wildman–Crippen LogP) is 3.22. The molecule has 1 heterocycles. The molecule has 1 N–H and O–H groups in total. The Labute approximate surface area is 104 Å². The lowest BCUT2D eigenvalue weighted by Gasteiger charge is -2.26. The maximum atomic E-state index is 11.3. The highest BCUT2D eigenvalue weighted by molar-refractivity contribution is 5.57. The van der Waals surface area contributed by atoms with Crippen molar-refractivity contribution in [2.75, 3.05) is 20.3 Å². The molecule has 0 fully saturated rings. The van der Waals surface area contributed by atoms with E-state index in [4.69, 9.17) is 0 Å². The molecule has 1 amide bonds. The van der Waals surface area contributed by atoms with Crippen molar-refractivity contribution < 1.29 is 14.4 Å². The summed E-state index contributed by atoms with van der Waals surface area (Å²) in [6.07, 6.45) is 10.1. The number of unbranched alkanes of at least 4 members (excludes halogenated alkanes) is 5. The van der Waals surface area contributed by atoms with E-state index in [1.807, 2.05) is 18.1 Å². The Bertz CT molecular complexity index is 279. The number of nitrogens with zero attached hydrogens (tertiary/aromatic N) is 2. The lowest BCUT2D eigenvalue weighted by molar-refractivity contribution is -0.808. The molecule has 1 aliphatic heterocycles. The van der Waals surface area contributed by atoms with Crippen LogP contribution in [-0.4, -0.2) is 40.8 Å². The largest absolute Gasteiger partial charge is 0.519 e. The van der Waals surface area contributed by atoms with Gasteiger partial charge in [0.25, 0.3) is 0 Å². The third-order valence-corrected chi connectivity index (χ3v) is 3.37. The van der Waals surface area contributed by atoms with E-state index in [1.54, 1.807) is 6.20 Å². The summed E-state index contributed by atoms with van der Waals surface area (Å²) in [5, 5.41) is 9.32. The minimum Gasteiger partial charge on any atom is -0.435 e. The number of rotatable bonds is 7. The molecule has 0 aromatic rings. The van der Waals surface area contributed by atoms with Gasteiger partial charge in [-0.25, -0.2) is 0 Å². The molecule has 0 spiro atoms. The molecule has 0 saturated heterocycles. The summed E-state index contributed by atoms with van der Waals surface area (Å²) >= 11 is 0. The van der Waals surface area contributed by atoms with E-state index in [9.17, 15) is 9.90 Å². The SMILES string of the molecule is CCCCCCCC[N+]1(C(=O)O)C=CN(C)C1. The zero-order chi connectivity index (χ0) is 12.7. The molecule has 0 bridgehead atoms. The van der Waals surface area contributed by atoms with Gasteiger partial charge in [-0.3, -0.25) is 0 Å². The first-order valence-corrected chi connectivity index (χ1v) is 6.60. The van der Waals surface area contributed by atoms with Crippen LogP contribution in [0.25, 0.3) is 0 Å². The van der Waals surface area contributed by atoms with Crippen molar-refractivity contribution in [3.8, 4) is 0 Å². The summed E-state index contributed by atoms with van der Waals surface area (Å²) in [6, 6.07) is 0. The molecule has 1 atom stereocenters. The van der Waals surface area contributed by atoms with Crippen LogP contribution in [0.15, 0.2) is 12.4 Å². The molecule has 0 aromatic carbocycles. The zero-order valence-corrected chi connectivity index (χ0v) is 11.1. The number of hydrogen-bond donors (Lipinski definition) is 1. The quantitative estimate of drug-likeness (QED) is 0.549. The number of carbonyl (C=O) groups is 1. The highest BCUT2D eigenvalue weighted by atomic mass is 16.4. The summed E-state index contributed by atoms with van der Waals surface area (Å²) in [6.45, 7) is 3.47. The first kappa shape index (κ1) is 14.0. The van der Waals surface area contributed by atoms with Gasteiger partial charge in [0.15, 0.2) is 6.67 Å². The summed E-state index contributed by atoms with van der Waals surface area (Å²) < 4.78 is 0.0737. The van der Waals surface area contributed by atoms with Crippen LogP contribution >= 0.6 is 0 Å². The number of carboxylic acid groups (broad SMARTS) is 1. The Morgan fingerprint density at radius 2 is 1.94 bits per heavy atom. The van der Waals surface area contributed by atoms with Gasteiger partial charge in [-0.05, 0) is 12.8 Å². The fourth-order valence-electron chi connectivity index (χ4n) is 2.27. The lowest BCUT2D eigenvalue weighted by atomic mass is 10.1. The standard InChI is InChI=1S/C13H24N2O2/c1-3-4-5-6-7-8-10-15(13(16)17)11-9-14(2)12-15/h9,11H,3-8,10,12H2,1-2H3/p+1. The van der Waals surface area contributed by atoms with Crippen molar-refractivity contribution in [1.29, 1.82) is 0 Å². The first-order valence-electron chi connectivity index (χ1n) is 6.60. The van der Waals surface area contributed by atoms with Gasteiger partial charge in [0.2, 0.25) is 0 Å². The third kappa shape index (κ3) is 4.04. The summed E-state index contributed by atoms with van der Waals surface area (Å²) in [5.74, 6) is 0. The average Bonchev–Trinajstić information content (AvgIpc) is 2.67. The third-order valence-electron chi connectivity index (χ3n) is 3.37. The van der Waals surface area contributed by atoms with Crippen LogP contribution in [0.2, 0.25) is 0 Å². The molecular weight excluding hydrogens is 216 g/mol. The maximum absolute atomic E-state index is 11.3. The molecule has 1 rings (SSSR count). The van der Waals surface area contributed by atoms with E-state index < -0.39 is 6.09 Å². The maximum Gasteiger partial charge on any atom is 0.519 e. The molecule has 0 aliphatic carbocycles. The summed E-state index contributed by atoms with van der Waals surface area (Å²) in [4.78, 5) is 13.3. The Morgan fingerprint density at radius 3 is 2.47 bits per heavy atom. The molecule has 4 heteroatoms. The van der Waals surface area contributed by atoms with Gasteiger partial charge in [-0.2, -0.15) is 9.28 Å². The smallest absolute Gasteiger partial charge is 0.435 e. The topological polar surface area (TPSA) is 40.5 Å². The van der Waals surface area contributed by atoms with Crippen molar-refractivity contribution in [2.45, 2.75) is 45.4 Å². The van der Waals surface area contributed by atoms with Gasteiger partial charge >= 0.3 is 6.09 Å². The van der Waals surface area contributed by atoms with Gasteiger partial charge in [0.1, 0.15) is 6.20 Å². The molecular formula is C13H25N2O2+. The Kier molecular flexibility index (Phi) is 5.48. The van der Waals surface area contributed by atoms with Crippen molar-refractivity contribution in [2.24, 2.45) is 0 Å². The van der Waals surface area contributed by atoms with Crippen LogP contribution < -0.4 is 0 Å². The van der Waals surface area contributed by atoms with E-state index in [-0.39, 0.29) is 4.48 Å². The Balaban J connectivity index is 2.28. The normalized spacial score (nSPS) is 23.3. The first-order chi connectivity index (χ1) is 8.10. The second kappa shape index (κ2) is 6.64. The average molecular weight is 241 g/mol. The van der Waals surface area contributed by atoms with Crippen LogP contribution in [0.3, 0.4) is 0 Å². The fraction of sp³-hybridized carbons (Fsp3) is 0.769. The zero-order valence-electron chi connectivity index (χ0n) is 11.1. The molecule has 0 radical (unpaired) electrons.